The molecule has 1 aromatic heterocycles. The molecule has 0 radical (unpaired) electrons. The van der Waals surface area contributed by atoms with E-state index < -0.39 is 21.5 Å². The van der Waals surface area contributed by atoms with Gasteiger partial charge in [-0.3, -0.25) is 9.59 Å². The standard InChI is InChI=1S/C15H15N3O4S/c1-2-11-8-15(11,17-9-19)14(20)18-23(21,22)12-5-3-4-10-6-7-16-13(10)12/h2-7,9,11,16H,1,8H2,(H,17,19)(H,18,20)/t11-,15-/m1/s1. The number of aromatic amines is 1. The SMILES string of the molecule is C=C[C@@H]1C[C@]1(NC=O)C(=O)NS(=O)(=O)c1cccc2cc[nH]c12. The van der Waals surface area contributed by atoms with E-state index in [1.807, 2.05) is 0 Å². The summed E-state index contributed by atoms with van der Waals surface area (Å²) in [7, 11) is -4.07. The van der Waals surface area contributed by atoms with Crippen LogP contribution in [0.4, 0.5) is 0 Å². The molecule has 1 aliphatic rings. The number of carbonyl (C=O) groups excluding carboxylic acids is 2. The molecule has 0 saturated heterocycles. The van der Waals surface area contributed by atoms with Crippen LogP contribution in [-0.4, -0.2) is 31.3 Å². The van der Waals surface area contributed by atoms with Crippen LogP contribution in [0.5, 0.6) is 0 Å². The quantitative estimate of drug-likeness (QED) is 0.533. The fourth-order valence-corrected chi connectivity index (χ4v) is 3.96. The summed E-state index contributed by atoms with van der Waals surface area (Å²) in [5, 5.41) is 3.12. The van der Waals surface area contributed by atoms with Gasteiger partial charge in [-0.1, -0.05) is 18.2 Å². The van der Waals surface area contributed by atoms with Crippen LogP contribution in [0.2, 0.25) is 0 Å². The molecular weight excluding hydrogens is 318 g/mol. The number of para-hydroxylation sites is 1. The van der Waals surface area contributed by atoms with Crippen molar-refractivity contribution in [2.75, 3.05) is 0 Å². The average Bonchev–Trinajstić information content (AvgIpc) is 3.02. The molecular formula is C15H15N3O4S. The molecule has 0 bridgehead atoms. The van der Waals surface area contributed by atoms with Crippen LogP contribution >= 0.6 is 0 Å². The highest BCUT2D eigenvalue weighted by Gasteiger charge is 2.59. The molecule has 7 nitrogen and oxygen atoms in total. The van der Waals surface area contributed by atoms with Crippen molar-refractivity contribution >= 4 is 33.2 Å². The van der Waals surface area contributed by atoms with E-state index in [2.05, 4.69) is 21.6 Å². The van der Waals surface area contributed by atoms with Crippen molar-refractivity contribution in [3.63, 3.8) is 0 Å². The number of benzene rings is 1. The summed E-state index contributed by atoms with van der Waals surface area (Å²) >= 11 is 0. The number of rotatable bonds is 6. The predicted molar refractivity (Wildman–Crippen MR) is 83.9 cm³/mol. The summed E-state index contributed by atoms with van der Waals surface area (Å²) in [6, 6.07) is 6.50. The number of sulfonamides is 1. The van der Waals surface area contributed by atoms with Crippen molar-refractivity contribution in [3.05, 3.63) is 43.1 Å². The molecule has 120 valence electrons. The van der Waals surface area contributed by atoms with Gasteiger partial charge in [0.05, 0.1) is 5.52 Å². The van der Waals surface area contributed by atoms with Gasteiger partial charge in [0.15, 0.2) is 0 Å². The molecule has 0 aliphatic heterocycles. The summed E-state index contributed by atoms with van der Waals surface area (Å²) in [6.45, 7) is 3.58. The van der Waals surface area contributed by atoms with Crippen LogP contribution in [0, 0.1) is 5.92 Å². The predicted octanol–water partition coefficient (Wildman–Crippen LogP) is 0.664. The number of hydrogen-bond donors (Lipinski definition) is 3. The Morgan fingerprint density at radius 1 is 1.39 bits per heavy atom. The number of amides is 2. The first-order chi connectivity index (χ1) is 10.9. The Kier molecular flexibility index (Phi) is 3.48. The molecule has 0 unspecified atom stereocenters. The Morgan fingerprint density at radius 2 is 2.17 bits per heavy atom. The third-order valence-corrected chi connectivity index (χ3v) is 5.46. The van der Waals surface area contributed by atoms with E-state index in [1.165, 1.54) is 12.1 Å². The lowest BCUT2D eigenvalue weighted by molar-refractivity contribution is -0.125. The molecule has 1 fully saturated rings. The van der Waals surface area contributed by atoms with Crippen molar-refractivity contribution in [3.8, 4) is 0 Å². The molecule has 2 atom stereocenters. The minimum Gasteiger partial charge on any atom is -0.360 e. The first-order valence-corrected chi connectivity index (χ1v) is 8.40. The Hall–Kier alpha value is -2.61. The van der Waals surface area contributed by atoms with Gasteiger partial charge >= 0.3 is 0 Å². The van der Waals surface area contributed by atoms with Crippen LogP contribution < -0.4 is 10.0 Å². The van der Waals surface area contributed by atoms with E-state index in [4.69, 9.17) is 0 Å². The number of nitrogens with one attached hydrogen (secondary N) is 3. The molecule has 2 aromatic rings. The number of hydrogen-bond acceptors (Lipinski definition) is 4. The zero-order valence-corrected chi connectivity index (χ0v) is 12.9. The molecule has 1 heterocycles. The van der Waals surface area contributed by atoms with E-state index in [-0.39, 0.29) is 10.8 Å². The summed E-state index contributed by atoms with van der Waals surface area (Å²) in [6.07, 6.45) is 3.86. The molecule has 1 aliphatic carbocycles. The van der Waals surface area contributed by atoms with E-state index in [9.17, 15) is 18.0 Å². The molecule has 2 amide bonds. The summed E-state index contributed by atoms with van der Waals surface area (Å²) in [5.41, 5.74) is -0.818. The Balaban J connectivity index is 1.92. The molecule has 1 saturated carbocycles. The van der Waals surface area contributed by atoms with Crippen molar-refractivity contribution in [1.82, 2.24) is 15.0 Å². The van der Waals surface area contributed by atoms with Crippen molar-refractivity contribution in [1.29, 1.82) is 0 Å². The van der Waals surface area contributed by atoms with Crippen LogP contribution in [0.1, 0.15) is 6.42 Å². The number of carbonyl (C=O) groups is 2. The maximum atomic E-state index is 12.5. The minimum absolute atomic E-state index is 0.0228. The highest BCUT2D eigenvalue weighted by atomic mass is 32.2. The second-order valence-corrected chi connectivity index (χ2v) is 7.06. The number of H-pyrrole nitrogens is 1. The Morgan fingerprint density at radius 3 is 2.83 bits per heavy atom. The highest BCUT2D eigenvalue weighted by molar-refractivity contribution is 7.90. The molecule has 1 aromatic carbocycles. The molecule has 3 N–H and O–H groups in total. The number of fused-ring (bicyclic) bond motifs is 1. The highest BCUT2D eigenvalue weighted by Crippen LogP contribution is 2.44. The molecule has 23 heavy (non-hydrogen) atoms. The van der Waals surface area contributed by atoms with Crippen molar-refractivity contribution in [2.24, 2.45) is 5.92 Å². The van der Waals surface area contributed by atoms with Crippen LogP contribution in [-0.2, 0) is 19.6 Å². The van der Waals surface area contributed by atoms with E-state index in [0.717, 1.165) is 5.39 Å². The average molecular weight is 333 g/mol. The Bertz CT molecular complexity index is 902. The Labute approximate surface area is 132 Å². The lowest BCUT2D eigenvalue weighted by Crippen LogP contribution is -2.49. The zero-order chi connectivity index (χ0) is 16.7. The van der Waals surface area contributed by atoms with Gasteiger partial charge in [0, 0.05) is 17.5 Å². The van der Waals surface area contributed by atoms with Crippen LogP contribution in [0.15, 0.2) is 48.0 Å². The van der Waals surface area contributed by atoms with Gasteiger partial charge in [0.1, 0.15) is 10.4 Å². The first kappa shape index (κ1) is 15.3. The second-order valence-electron chi connectivity index (χ2n) is 5.41. The fraction of sp³-hybridized carbons (Fsp3) is 0.200. The first-order valence-electron chi connectivity index (χ1n) is 6.92. The summed E-state index contributed by atoms with van der Waals surface area (Å²) < 4.78 is 27.1. The lowest BCUT2D eigenvalue weighted by Gasteiger charge is -2.16. The lowest BCUT2D eigenvalue weighted by atomic mass is 10.2. The summed E-state index contributed by atoms with van der Waals surface area (Å²) in [5.74, 6) is -1.05. The van der Waals surface area contributed by atoms with Gasteiger partial charge in [-0.05, 0) is 18.6 Å². The third kappa shape index (κ3) is 2.40. The van der Waals surface area contributed by atoms with E-state index in [1.54, 1.807) is 24.4 Å². The fourth-order valence-electron chi connectivity index (χ4n) is 2.72. The van der Waals surface area contributed by atoms with Gasteiger partial charge in [-0.25, -0.2) is 13.1 Å². The minimum atomic E-state index is -4.07. The van der Waals surface area contributed by atoms with Crippen molar-refractivity contribution < 1.29 is 18.0 Å². The van der Waals surface area contributed by atoms with Crippen molar-refractivity contribution in [2.45, 2.75) is 16.9 Å². The van der Waals surface area contributed by atoms with E-state index in [0.29, 0.717) is 18.3 Å². The molecule has 8 heteroatoms. The monoisotopic (exact) mass is 333 g/mol. The largest absolute Gasteiger partial charge is 0.360 e. The topological polar surface area (TPSA) is 108 Å². The third-order valence-electron chi connectivity index (χ3n) is 4.09. The maximum Gasteiger partial charge on any atom is 0.266 e. The normalized spacial score (nSPS) is 23.2. The van der Waals surface area contributed by atoms with Crippen LogP contribution in [0.3, 0.4) is 0 Å². The molecule has 3 rings (SSSR count). The number of aromatic nitrogens is 1. The van der Waals surface area contributed by atoms with Crippen LogP contribution in [0.25, 0.3) is 10.9 Å². The van der Waals surface area contributed by atoms with Gasteiger partial charge in [-0.2, -0.15) is 0 Å². The molecule has 0 spiro atoms. The zero-order valence-electron chi connectivity index (χ0n) is 12.1. The van der Waals surface area contributed by atoms with Gasteiger partial charge in [0.25, 0.3) is 15.9 Å². The second kappa shape index (κ2) is 5.24. The smallest absolute Gasteiger partial charge is 0.266 e. The van der Waals surface area contributed by atoms with E-state index >= 15 is 0 Å². The van der Waals surface area contributed by atoms with Gasteiger partial charge in [-0.15, -0.1) is 6.58 Å². The maximum absolute atomic E-state index is 12.5. The summed E-state index contributed by atoms with van der Waals surface area (Å²) in [4.78, 5) is 25.9. The van der Waals surface area contributed by atoms with Gasteiger partial charge in [0.2, 0.25) is 6.41 Å². The van der Waals surface area contributed by atoms with Gasteiger partial charge < -0.3 is 10.3 Å².